The van der Waals surface area contributed by atoms with Crippen LogP contribution >= 0.6 is 0 Å². The molecule has 0 aromatic heterocycles. The summed E-state index contributed by atoms with van der Waals surface area (Å²) in [6, 6.07) is 0.357. The van der Waals surface area contributed by atoms with Crippen molar-refractivity contribution >= 4 is 6.03 Å². The predicted octanol–water partition coefficient (Wildman–Crippen LogP) is -0.380. The molecule has 0 spiro atoms. The van der Waals surface area contributed by atoms with E-state index >= 15 is 0 Å². The quantitative estimate of drug-likeness (QED) is 0.586. The molecule has 1 atom stereocenters. The normalized spacial score (nSPS) is 20.2. The third-order valence-electron chi connectivity index (χ3n) is 1.92. The predicted molar refractivity (Wildman–Crippen MR) is 43.5 cm³/mol. The van der Waals surface area contributed by atoms with E-state index in [2.05, 4.69) is 10.6 Å². The minimum Gasteiger partial charge on any atom is -0.336 e. The van der Waals surface area contributed by atoms with E-state index < -0.39 is 0 Å². The van der Waals surface area contributed by atoms with E-state index in [1.165, 1.54) is 0 Å². The van der Waals surface area contributed by atoms with Crippen LogP contribution in [0.15, 0.2) is 0 Å². The lowest BCUT2D eigenvalue weighted by Gasteiger charge is -2.22. The topological polar surface area (TPSA) is 44.4 Å². The molecule has 64 valence electrons. The van der Waals surface area contributed by atoms with Gasteiger partial charge in [0.05, 0.1) is 0 Å². The summed E-state index contributed by atoms with van der Waals surface area (Å²) in [7, 11) is 1.89. The molecule has 1 rings (SSSR count). The van der Waals surface area contributed by atoms with Gasteiger partial charge in [-0.2, -0.15) is 0 Å². The average molecular weight is 157 g/mol. The first-order chi connectivity index (χ1) is 5.25. The summed E-state index contributed by atoms with van der Waals surface area (Å²) in [6.07, 6.45) is 0. The fourth-order valence-electron chi connectivity index (χ4n) is 1.31. The van der Waals surface area contributed by atoms with E-state index in [0.29, 0.717) is 6.04 Å². The number of amides is 2. The lowest BCUT2D eigenvalue weighted by atomic mass is 10.3. The van der Waals surface area contributed by atoms with Gasteiger partial charge < -0.3 is 15.5 Å². The van der Waals surface area contributed by atoms with Crippen LogP contribution in [0.2, 0.25) is 0 Å². The highest BCUT2D eigenvalue weighted by Gasteiger charge is 2.23. The molecule has 0 aromatic rings. The van der Waals surface area contributed by atoms with E-state index in [1.54, 1.807) is 0 Å². The van der Waals surface area contributed by atoms with Crippen molar-refractivity contribution in [2.75, 3.05) is 26.7 Å². The van der Waals surface area contributed by atoms with Crippen molar-refractivity contribution in [1.29, 1.82) is 0 Å². The second kappa shape index (κ2) is 3.57. The van der Waals surface area contributed by atoms with Gasteiger partial charge in [-0.25, -0.2) is 4.79 Å². The Morgan fingerprint density at radius 1 is 1.82 bits per heavy atom. The molecule has 4 heteroatoms. The number of urea groups is 1. The van der Waals surface area contributed by atoms with Gasteiger partial charge in [-0.15, -0.1) is 0 Å². The molecule has 11 heavy (non-hydrogen) atoms. The number of hydrogen-bond acceptors (Lipinski definition) is 2. The molecule has 1 heterocycles. The first-order valence-corrected chi connectivity index (χ1v) is 3.94. The zero-order valence-corrected chi connectivity index (χ0v) is 7.05. The third-order valence-corrected chi connectivity index (χ3v) is 1.92. The second-order valence-electron chi connectivity index (χ2n) is 2.83. The summed E-state index contributed by atoms with van der Waals surface area (Å²) in [5, 5.41) is 5.81. The van der Waals surface area contributed by atoms with E-state index in [1.807, 2.05) is 18.9 Å². The highest BCUT2D eigenvalue weighted by atomic mass is 16.2. The zero-order valence-electron chi connectivity index (χ0n) is 7.05. The van der Waals surface area contributed by atoms with Crippen LogP contribution in [0.4, 0.5) is 4.79 Å². The van der Waals surface area contributed by atoms with Crippen LogP contribution in [-0.4, -0.2) is 43.7 Å². The molecular formula is C7H15N3O. The minimum atomic E-state index is 0.0627. The van der Waals surface area contributed by atoms with Crippen molar-refractivity contribution in [3.63, 3.8) is 0 Å². The lowest BCUT2D eigenvalue weighted by Crippen LogP contribution is -2.41. The van der Waals surface area contributed by atoms with Crippen LogP contribution in [0.1, 0.15) is 6.92 Å². The van der Waals surface area contributed by atoms with Crippen LogP contribution < -0.4 is 10.6 Å². The fraction of sp³-hybridized carbons (Fsp3) is 0.857. The molecule has 0 bridgehead atoms. The summed E-state index contributed by atoms with van der Waals surface area (Å²) >= 11 is 0. The molecule has 0 saturated carbocycles. The van der Waals surface area contributed by atoms with Gasteiger partial charge in [-0.1, -0.05) is 0 Å². The van der Waals surface area contributed by atoms with Crippen molar-refractivity contribution in [3.8, 4) is 0 Å². The third kappa shape index (κ3) is 1.83. The summed E-state index contributed by atoms with van der Waals surface area (Å²) < 4.78 is 0. The molecule has 0 aliphatic carbocycles. The number of likely N-dealkylation sites (N-methyl/N-ethyl adjacent to an activating group) is 1. The van der Waals surface area contributed by atoms with Crippen molar-refractivity contribution in [2.24, 2.45) is 0 Å². The first kappa shape index (κ1) is 8.33. The Kier molecular flexibility index (Phi) is 2.70. The number of nitrogens with zero attached hydrogens (tertiary/aromatic N) is 1. The molecular weight excluding hydrogens is 142 g/mol. The van der Waals surface area contributed by atoms with Crippen molar-refractivity contribution < 1.29 is 4.79 Å². The second-order valence-corrected chi connectivity index (χ2v) is 2.83. The van der Waals surface area contributed by atoms with Gasteiger partial charge in [-0.3, -0.25) is 0 Å². The van der Waals surface area contributed by atoms with Crippen molar-refractivity contribution in [3.05, 3.63) is 0 Å². The van der Waals surface area contributed by atoms with Crippen LogP contribution in [0, 0.1) is 0 Å². The van der Waals surface area contributed by atoms with Gasteiger partial charge in [0.25, 0.3) is 0 Å². The lowest BCUT2D eigenvalue weighted by molar-refractivity contribution is 0.201. The first-order valence-electron chi connectivity index (χ1n) is 3.94. The Hall–Kier alpha value is -0.770. The number of rotatable bonds is 3. The van der Waals surface area contributed by atoms with E-state index in [4.69, 9.17) is 0 Å². The van der Waals surface area contributed by atoms with Crippen molar-refractivity contribution in [2.45, 2.75) is 13.0 Å². The molecule has 0 aromatic carbocycles. The minimum absolute atomic E-state index is 0.0627. The Morgan fingerprint density at radius 3 is 3.00 bits per heavy atom. The summed E-state index contributed by atoms with van der Waals surface area (Å²) in [6.45, 7) is 4.52. The largest absolute Gasteiger partial charge is 0.336 e. The molecule has 1 unspecified atom stereocenters. The highest BCUT2D eigenvalue weighted by Crippen LogP contribution is 2.02. The van der Waals surface area contributed by atoms with Gasteiger partial charge in [-0.05, 0) is 14.0 Å². The van der Waals surface area contributed by atoms with Gasteiger partial charge in [0.2, 0.25) is 0 Å². The highest BCUT2D eigenvalue weighted by molar-refractivity contribution is 5.76. The molecule has 1 aliphatic heterocycles. The molecule has 2 N–H and O–H groups in total. The van der Waals surface area contributed by atoms with E-state index in [-0.39, 0.29) is 6.03 Å². The summed E-state index contributed by atoms with van der Waals surface area (Å²) in [5.41, 5.74) is 0. The average Bonchev–Trinajstić information content (AvgIpc) is 2.36. The van der Waals surface area contributed by atoms with E-state index in [0.717, 1.165) is 19.6 Å². The standard InChI is InChI=1S/C7H15N3O/c1-6(5-8-2)10-4-3-9-7(10)11/h6,8H,3-5H2,1-2H3,(H,9,11). The van der Waals surface area contributed by atoms with Gasteiger partial charge in [0.15, 0.2) is 0 Å². The molecule has 1 aliphatic rings. The smallest absolute Gasteiger partial charge is 0.317 e. The van der Waals surface area contributed by atoms with Gasteiger partial charge in [0, 0.05) is 25.7 Å². The zero-order chi connectivity index (χ0) is 8.27. The van der Waals surface area contributed by atoms with Gasteiger partial charge in [0.1, 0.15) is 0 Å². The summed E-state index contributed by atoms with van der Waals surface area (Å²) in [4.78, 5) is 12.9. The van der Waals surface area contributed by atoms with Crippen LogP contribution in [0.5, 0.6) is 0 Å². The maximum atomic E-state index is 11.1. The Balaban J connectivity index is 2.39. The van der Waals surface area contributed by atoms with Crippen LogP contribution in [0.3, 0.4) is 0 Å². The Labute approximate surface area is 66.9 Å². The number of hydrogen-bond donors (Lipinski definition) is 2. The maximum Gasteiger partial charge on any atom is 0.317 e. The van der Waals surface area contributed by atoms with Crippen molar-refractivity contribution in [1.82, 2.24) is 15.5 Å². The monoisotopic (exact) mass is 157 g/mol. The Morgan fingerprint density at radius 2 is 2.55 bits per heavy atom. The van der Waals surface area contributed by atoms with Crippen LogP contribution in [-0.2, 0) is 0 Å². The van der Waals surface area contributed by atoms with Gasteiger partial charge >= 0.3 is 6.03 Å². The molecule has 2 amide bonds. The SMILES string of the molecule is CNCC(C)N1CCNC1=O. The van der Waals surface area contributed by atoms with E-state index in [9.17, 15) is 4.79 Å². The molecule has 0 radical (unpaired) electrons. The van der Waals surface area contributed by atoms with Crippen LogP contribution in [0.25, 0.3) is 0 Å². The number of carbonyl (C=O) groups excluding carboxylic acids is 1. The summed E-state index contributed by atoms with van der Waals surface area (Å²) in [5.74, 6) is 0. The molecule has 1 saturated heterocycles. The fourth-order valence-corrected chi connectivity index (χ4v) is 1.31. The Bertz CT molecular complexity index is 149. The number of carbonyl (C=O) groups is 1. The molecule has 4 nitrogen and oxygen atoms in total. The molecule has 1 fully saturated rings. The number of nitrogens with one attached hydrogen (secondary N) is 2. The maximum absolute atomic E-state index is 11.1.